The van der Waals surface area contributed by atoms with Crippen molar-refractivity contribution in [2.24, 2.45) is 11.8 Å². The Hall–Kier alpha value is -2.04. The number of benzene rings is 1. The Bertz CT molecular complexity index is 680. The molecule has 3 aliphatic rings. The predicted octanol–water partition coefficient (Wildman–Crippen LogP) is 2.67. The van der Waals surface area contributed by atoms with E-state index in [0.29, 0.717) is 32.0 Å². The summed E-state index contributed by atoms with van der Waals surface area (Å²) in [5.41, 5.74) is 2.19. The van der Waals surface area contributed by atoms with Crippen LogP contribution in [0.15, 0.2) is 18.2 Å². The molecule has 4 rings (SSSR count). The van der Waals surface area contributed by atoms with Gasteiger partial charge in [-0.05, 0) is 49.7 Å². The van der Waals surface area contributed by atoms with E-state index in [-0.39, 0.29) is 17.7 Å². The lowest BCUT2D eigenvalue weighted by Gasteiger charge is -2.30. The summed E-state index contributed by atoms with van der Waals surface area (Å²) in [6, 6.07) is 6.14. The molecule has 5 heteroatoms. The molecule has 1 aromatic carbocycles. The Kier molecular flexibility index (Phi) is 5.14. The quantitative estimate of drug-likeness (QED) is 0.852. The standard InChI is InChI=1S/C21H28N2O3/c24-20(22-13-16-4-5-16)9-7-15-6-8-19-18(12-15)14-23(10-11-26-19)21(25)17-2-1-3-17/h6,8,12,16-17H,1-5,7,9-11,13-14H2,(H,22,24). The highest BCUT2D eigenvalue weighted by molar-refractivity contribution is 5.79. The second kappa shape index (κ2) is 7.68. The molecule has 0 unspecified atom stereocenters. The van der Waals surface area contributed by atoms with Gasteiger partial charge in [0.15, 0.2) is 0 Å². The predicted molar refractivity (Wildman–Crippen MR) is 98.7 cm³/mol. The third-order valence-electron chi connectivity index (χ3n) is 5.80. The molecule has 140 valence electrons. The number of nitrogens with one attached hydrogen (secondary N) is 1. The van der Waals surface area contributed by atoms with E-state index in [4.69, 9.17) is 4.74 Å². The van der Waals surface area contributed by atoms with Crippen LogP contribution in [-0.2, 0) is 22.6 Å². The first kappa shape index (κ1) is 17.4. The first-order chi connectivity index (χ1) is 12.7. The highest BCUT2D eigenvalue weighted by Crippen LogP contribution is 2.31. The van der Waals surface area contributed by atoms with Crippen molar-refractivity contribution in [2.45, 2.75) is 51.5 Å². The minimum Gasteiger partial charge on any atom is -0.491 e. The maximum atomic E-state index is 12.6. The van der Waals surface area contributed by atoms with Crippen LogP contribution in [0.2, 0.25) is 0 Å². The zero-order valence-corrected chi connectivity index (χ0v) is 15.3. The van der Waals surface area contributed by atoms with Gasteiger partial charge in [-0.15, -0.1) is 0 Å². The van der Waals surface area contributed by atoms with E-state index >= 15 is 0 Å². The molecule has 0 aromatic heterocycles. The van der Waals surface area contributed by atoms with Crippen molar-refractivity contribution in [2.75, 3.05) is 19.7 Å². The molecule has 2 saturated carbocycles. The van der Waals surface area contributed by atoms with Crippen molar-refractivity contribution in [3.05, 3.63) is 29.3 Å². The van der Waals surface area contributed by atoms with E-state index < -0.39 is 0 Å². The summed E-state index contributed by atoms with van der Waals surface area (Å²) in [6.07, 6.45) is 6.96. The van der Waals surface area contributed by atoms with Gasteiger partial charge >= 0.3 is 0 Å². The summed E-state index contributed by atoms with van der Waals surface area (Å²) in [5.74, 6) is 2.20. The van der Waals surface area contributed by atoms with E-state index in [9.17, 15) is 9.59 Å². The van der Waals surface area contributed by atoms with Crippen LogP contribution >= 0.6 is 0 Å². The van der Waals surface area contributed by atoms with E-state index in [1.54, 1.807) is 0 Å². The van der Waals surface area contributed by atoms with Gasteiger partial charge in [-0.1, -0.05) is 18.6 Å². The number of hydrogen-bond donors (Lipinski definition) is 1. The van der Waals surface area contributed by atoms with Crippen LogP contribution in [0.25, 0.3) is 0 Å². The smallest absolute Gasteiger partial charge is 0.226 e. The topological polar surface area (TPSA) is 58.6 Å². The van der Waals surface area contributed by atoms with Crippen LogP contribution in [0.1, 0.15) is 49.7 Å². The highest BCUT2D eigenvalue weighted by atomic mass is 16.5. The Morgan fingerprint density at radius 3 is 2.77 bits per heavy atom. The fraction of sp³-hybridized carbons (Fsp3) is 0.619. The summed E-state index contributed by atoms with van der Waals surface area (Å²) < 4.78 is 5.84. The molecule has 0 bridgehead atoms. The SMILES string of the molecule is O=C(CCc1ccc2c(c1)CN(C(=O)C1CCC1)CCO2)NCC1CC1. The second-order valence-corrected chi connectivity index (χ2v) is 7.93. The molecule has 2 fully saturated rings. The summed E-state index contributed by atoms with van der Waals surface area (Å²) in [7, 11) is 0. The van der Waals surface area contributed by atoms with E-state index in [1.165, 1.54) is 19.3 Å². The molecule has 2 aliphatic carbocycles. The van der Waals surface area contributed by atoms with Crippen LogP contribution in [-0.4, -0.2) is 36.4 Å². The van der Waals surface area contributed by atoms with Crippen molar-refractivity contribution < 1.29 is 14.3 Å². The molecule has 0 atom stereocenters. The average Bonchev–Trinajstić information content (AvgIpc) is 3.42. The Morgan fingerprint density at radius 2 is 2.04 bits per heavy atom. The third-order valence-corrected chi connectivity index (χ3v) is 5.80. The average molecular weight is 356 g/mol. The normalized spacial score (nSPS) is 19.8. The summed E-state index contributed by atoms with van der Waals surface area (Å²) in [5, 5.41) is 3.02. The van der Waals surface area contributed by atoms with Gasteiger partial charge in [0, 0.05) is 31.0 Å². The summed E-state index contributed by atoms with van der Waals surface area (Å²) in [4.78, 5) is 26.5. The maximum absolute atomic E-state index is 12.6. The van der Waals surface area contributed by atoms with Gasteiger partial charge < -0.3 is 15.0 Å². The molecule has 26 heavy (non-hydrogen) atoms. The van der Waals surface area contributed by atoms with Crippen LogP contribution in [0.5, 0.6) is 5.75 Å². The van der Waals surface area contributed by atoms with E-state index in [1.807, 2.05) is 17.0 Å². The van der Waals surface area contributed by atoms with Gasteiger partial charge in [-0.25, -0.2) is 0 Å². The van der Waals surface area contributed by atoms with Crippen LogP contribution in [0, 0.1) is 11.8 Å². The number of amides is 2. The van der Waals surface area contributed by atoms with Crippen LogP contribution < -0.4 is 10.1 Å². The number of carbonyl (C=O) groups excluding carboxylic acids is 2. The molecule has 0 saturated heterocycles. The molecule has 1 aliphatic heterocycles. The van der Waals surface area contributed by atoms with Gasteiger partial charge in [0.2, 0.25) is 11.8 Å². The number of rotatable bonds is 6. The fourth-order valence-corrected chi connectivity index (χ4v) is 3.63. The third kappa shape index (κ3) is 4.19. The van der Waals surface area contributed by atoms with E-state index in [0.717, 1.165) is 42.7 Å². The lowest BCUT2D eigenvalue weighted by molar-refractivity contribution is -0.138. The molecular formula is C21H28N2O3. The van der Waals surface area contributed by atoms with Crippen LogP contribution in [0.4, 0.5) is 0 Å². The first-order valence-electron chi connectivity index (χ1n) is 9.99. The number of hydrogen-bond acceptors (Lipinski definition) is 3. The number of ether oxygens (including phenoxy) is 1. The largest absolute Gasteiger partial charge is 0.491 e. The minimum absolute atomic E-state index is 0.130. The minimum atomic E-state index is 0.130. The number of nitrogens with zero attached hydrogens (tertiary/aromatic N) is 1. The lowest BCUT2D eigenvalue weighted by Crippen LogP contribution is -2.39. The zero-order chi connectivity index (χ0) is 17.9. The van der Waals surface area contributed by atoms with Gasteiger partial charge in [0.05, 0.1) is 6.54 Å². The second-order valence-electron chi connectivity index (χ2n) is 7.93. The molecule has 0 radical (unpaired) electrons. The number of carbonyl (C=O) groups is 2. The first-order valence-corrected chi connectivity index (χ1v) is 9.99. The Balaban J connectivity index is 1.35. The number of aryl methyl sites for hydroxylation is 1. The molecule has 1 heterocycles. The van der Waals surface area contributed by atoms with Gasteiger partial charge in [0.1, 0.15) is 12.4 Å². The molecular weight excluding hydrogens is 328 g/mol. The van der Waals surface area contributed by atoms with Crippen molar-refractivity contribution in [3.63, 3.8) is 0 Å². The zero-order valence-electron chi connectivity index (χ0n) is 15.3. The summed E-state index contributed by atoms with van der Waals surface area (Å²) in [6.45, 7) is 2.65. The molecule has 5 nitrogen and oxygen atoms in total. The van der Waals surface area contributed by atoms with Crippen molar-refractivity contribution in [1.29, 1.82) is 0 Å². The van der Waals surface area contributed by atoms with Crippen molar-refractivity contribution in [3.8, 4) is 5.75 Å². The molecule has 1 N–H and O–H groups in total. The summed E-state index contributed by atoms with van der Waals surface area (Å²) >= 11 is 0. The van der Waals surface area contributed by atoms with Crippen LogP contribution in [0.3, 0.4) is 0 Å². The maximum Gasteiger partial charge on any atom is 0.226 e. The number of fused-ring (bicyclic) bond motifs is 1. The van der Waals surface area contributed by atoms with Crippen molar-refractivity contribution >= 4 is 11.8 Å². The Labute approximate surface area is 155 Å². The van der Waals surface area contributed by atoms with E-state index in [2.05, 4.69) is 11.4 Å². The monoisotopic (exact) mass is 356 g/mol. The van der Waals surface area contributed by atoms with Gasteiger partial charge in [-0.3, -0.25) is 9.59 Å². The fourth-order valence-electron chi connectivity index (χ4n) is 3.63. The Morgan fingerprint density at radius 1 is 1.19 bits per heavy atom. The van der Waals surface area contributed by atoms with Gasteiger partial charge in [-0.2, -0.15) is 0 Å². The molecule has 2 amide bonds. The molecule has 1 aromatic rings. The van der Waals surface area contributed by atoms with Crippen molar-refractivity contribution in [1.82, 2.24) is 10.2 Å². The molecule has 0 spiro atoms. The lowest BCUT2D eigenvalue weighted by atomic mass is 9.84. The van der Waals surface area contributed by atoms with Gasteiger partial charge in [0.25, 0.3) is 0 Å². The highest BCUT2D eigenvalue weighted by Gasteiger charge is 2.30.